The number of aromatic nitrogens is 3. The van der Waals surface area contributed by atoms with Crippen LogP contribution < -0.4 is 17.0 Å². The van der Waals surface area contributed by atoms with Crippen molar-refractivity contribution in [3.05, 3.63) is 111 Å². The number of nitrogens with two attached hydrogens (primary N) is 2. The Morgan fingerprint density at radius 1 is 0.865 bits per heavy atom. The molecule has 0 atom stereocenters. The Morgan fingerprint density at radius 3 is 2.30 bits per heavy atom. The summed E-state index contributed by atoms with van der Waals surface area (Å²) in [5.41, 5.74) is 15.7. The van der Waals surface area contributed by atoms with Gasteiger partial charge in [0.25, 0.3) is 5.56 Å². The van der Waals surface area contributed by atoms with Gasteiger partial charge in [0.2, 0.25) is 0 Å². The van der Waals surface area contributed by atoms with Crippen LogP contribution in [0.2, 0.25) is 0 Å². The van der Waals surface area contributed by atoms with Gasteiger partial charge in [-0.3, -0.25) is 15.6 Å². The molecule has 5 rings (SSSR count). The highest BCUT2D eigenvalue weighted by Crippen LogP contribution is 2.23. The van der Waals surface area contributed by atoms with Crippen LogP contribution in [0.1, 0.15) is 47.8 Å². The molecule has 3 aromatic carbocycles. The average Bonchev–Trinajstić information content (AvgIpc) is 3.24. The van der Waals surface area contributed by atoms with E-state index in [0.717, 1.165) is 27.7 Å². The first-order valence-corrected chi connectivity index (χ1v) is 12.1. The van der Waals surface area contributed by atoms with Crippen LogP contribution in [-0.2, 0) is 13.1 Å². The van der Waals surface area contributed by atoms with Gasteiger partial charge in [0, 0.05) is 29.8 Å². The van der Waals surface area contributed by atoms with E-state index in [1.54, 1.807) is 16.8 Å². The van der Waals surface area contributed by atoms with Crippen molar-refractivity contribution in [3.63, 3.8) is 0 Å². The van der Waals surface area contributed by atoms with E-state index < -0.39 is 0 Å². The van der Waals surface area contributed by atoms with Crippen LogP contribution in [-0.4, -0.2) is 25.8 Å². The van der Waals surface area contributed by atoms with Gasteiger partial charge in [-0.25, -0.2) is 4.98 Å². The third kappa shape index (κ3) is 4.61. The molecule has 0 amide bonds. The van der Waals surface area contributed by atoms with Crippen molar-refractivity contribution < 1.29 is 0 Å². The van der Waals surface area contributed by atoms with Crippen LogP contribution in [0.3, 0.4) is 0 Å². The molecule has 2 aromatic heterocycles. The highest BCUT2D eigenvalue weighted by Gasteiger charge is 2.18. The summed E-state index contributed by atoms with van der Waals surface area (Å²) < 4.78 is 3.68. The molecule has 0 unspecified atom stereocenters. The van der Waals surface area contributed by atoms with Crippen LogP contribution in [0.15, 0.2) is 77.7 Å². The lowest BCUT2D eigenvalue weighted by Crippen LogP contribution is -2.23. The van der Waals surface area contributed by atoms with Crippen LogP contribution in [0.25, 0.3) is 21.8 Å². The van der Waals surface area contributed by atoms with Gasteiger partial charge in [-0.2, -0.15) is 0 Å². The minimum atomic E-state index is -0.114. The zero-order valence-corrected chi connectivity index (χ0v) is 20.8. The van der Waals surface area contributed by atoms with E-state index in [1.165, 1.54) is 0 Å². The Morgan fingerprint density at radius 2 is 1.57 bits per heavy atom. The fourth-order valence-corrected chi connectivity index (χ4v) is 4.70. The maximum Gasteiger partial charge on any atom is 0.277 e. The van der Waals surface area contributed by atoms with E-state index in [-0.39, 0.29) is 23.1 Å². The molecule has 5 aromatic rings. The lowest BCUT2D eigenvalue weighted by atomic mass is 10.0. The molecule has 0 fully saturated rings. The SMILES string of the molecule is CC(C)c1nc2ccn(Cc3ccc4ccc(C(=N)N)cc4c3)c(=O)c2n1Cc1cccc(C(=N)N)c1. The van der Waals surface area contributed by atoms with E-state index in [1.807, 2.05) is 65.2 Å². The van der Waals surface area contributed by atoms with Crippen molar-refractivity contribution in [2.75, 3.05) is 0 Å². The standard InChI is InChI=1S/C29H29N7O/c1-17(2)28-34-24-10-11-35(15-19-6-7-20-8-9-22(27(32)33)14-23(20)13-19)29(37)25(24)36(28)16-18-4-3-5-21(12-18)26(30)31/h3-14,17H,15-16H2,1-2H3,(H3,30,31)(H3,32,33). The summed E-state index contributed by atoms with van der Waals surface area (Å²) in [5, 5.41) is 17.5. The van der Waals surface area contributed by atoms with Crippen molar-refractivity contribution in [2.24, 2.45) is 11.5 Å². The second-order valence-electron chi connectivity index (χ2n) is 9.62. The first kappa shape index (κ1) is 24.0. The molecule has 0 saturated heterocycles. The van der Waals surface area contributed by atoms with Crippen LogP contribution in [0, 0.1) is 10.8 Å². The first-order chi connectivity index (χ1) is 17.7. The fourth-order valence-electron chi connectivity index (χ4n) is 4.70. The van der Waals surface area contributed by atoms with Crippen molar-refractivity contribution in [1.29, 1.82) is 10.8 Å². The zero-order chi connectivity index (χ0) is 26.3. The Kier molecular flexibility index (Phi) is 6.09. The first-order valence-electron chi connectivity index (χ1n) is 12.1. The molecule has 8 nitrogen and oxygen atoms in total. The van der Waals surface area contributed by atoms with Crippen molar-refractivity contribution in [1.82, 2.24) is 14.1 Å². The van der Waals surface area contributed by atoms with Gasteiger partial charge in [-0.15, -0.1) is 0 Å². The molecule has 0 aliphatic rings. The number of fused-ring (bicyclic) bond motifs is 2. The molecule has 0 aliphatic heterocycles. The number of benzene rings is 3. The van der Waals surface area contributed by atoms with Gasteiger partial charge in [0.1, 0.15) is 23.0 Å². The number of rotatable bonds is 7. The van der Waals surface area contributed by atoms with Gasteiger partial charge in [0.05, 0.1) is 12.1 Å². The summed E-state index contributed by atoms with van der Waals surface area (Å²) in [4.78, 5) is 18.6. The molecule has 0 spiro atoms. The summed E-state index contributed by atoms with van der Waals surface area (Å²) in [6.45, 7) is 4.98. The van der Waals surface area contributed by atoms with Gasteiger partial charge < -0.3 is 20.6 Å². The molecular weight excluding hydrogens is 462 g/mol. The Balaban J connectivity index is 1.58. The largest absolute Gasteiger partial charge is 0.384 e. The molecule has 0 radical (unpaired) electrons. The lowest BCUT2D eigenvalue weighted by molar-refractivity contribution is 0.677. The monoisotopic (exact) mass is 491 g/mol. The molecule has 186 valence electrons. The third-order valence-corrected chi connectivity index (χ3v) is 6.56. The normalized spacial score (nSPS) is 11.4. The van der Waals surface area contributed by atoms with Crippen molar-refractivity contribution in [3.8, 4) is 0 Å². The lowest BCUT2D eigenvalue weighted by Gasteiger charge is -2.13. The molecule has 0 saturated carbocycles. The van der Waals surface area contributed by atoms with E-state index in [4.69, 9.17) is 27.3 Å². The Hall–Kier alpha value is -4.72. The Bertz CT molecular complexity index is 1740. The second kappa shape index (κ2) is 9.39. The van der Waals surface area contributed by atoms with Gasteiger partial charge in [-0.05, 0) is 46.2 Å². The van der Waals surface area contributed by atoms with Gasteiger partial charge in [0.15, 0.2) is 0 Å². The molecule has 6 N–H and O–H groups in total. The molecule has 37 heavy (non-hydrogen) atoms. The minimum Gasteiger partial charge on any atom is -0.384 e. The number of amidine groups is 2. The summed E-state index contributed by atoms with van der Waals surface area (Å²) in [6.07, 6.45) is 1.79. The molecular formula is C29H29N7O. The number of pyridine rings is 1. The molecule has 8 heteroatoms. The van der Waals surface area contributed by atoms with Crippen molar-refractivity contribution >= 4 is 33.5 Å². The fraction of sp³-hybridized carbons (Fsp3) is 0.172. The number of hydrogen-bond acceptors (Lipinski definition) is 4. The second-order valence-corrected chi connectivity index (χ2v) is 9.62. The van der Waals surface area contributed by atoms with E-state index in [9.17, 15) is 4.79 Å². The number of nitrogens with zero attached hydrogens (tertiary/aromatic N) is 3. The molecule has 0 bridgehead atoms. The molecule has 2 heterocycles. The van der Waals surface area contributed by atoms with E-state index in [2.05, 4.69) is 13.8 Å². The minimum absolute atomic E-state index is 0.00888. The van der Waals surface area contributed by atoms with Gasteiger partial charge >= 0.3 is 0 Å². The predicted octanol–water partition coefficient (Wildman–Crippen LogP) is 4.14. The number of nitrogens with one attached hydrogen (secondary N) is 2. The summed E-state index contributed by atoms with van der Waals surface area (Å²) in [5.74, 6) is 0.986. The van der Waals surface area contributed by atoms with Crippen molar-refractivity contribution in [2.45, 2.75) is 32.9 Å². The summed E-state index contributed by atoms with van der Waals surface area (Å²) in [7, 11) is 0. The van der Waals surface area contributed by atoms with E-state index >= 15 is 0 Å². The number of hydrogen-bond donors (Lipinski definition) is 4. The van der Waals surface area contributed by atoms with E-state index in [0.29, 0.717) is 35.2 Å². The summed E-state index contributed by atoms with van der Waals surface area (Å²) >= 11 is 0. The average molecular weight is 492 g/mol. The highest BCUT2D eigenvalue weighted by molar-refractivity contribution is 5.99. The third-order valence-electron chi connectivity index (χ3n) is 6.56. The van der Waals surface area contributed by atoms with Gasteiger partial charge in [-0.1, -0.05) is 56.3 Å². The molecule has 0 aliphatic carbocycles. The smallest absolute Gasteiger partial charge is 0.277 e. The Labute approximate surface area is 214 Å². The van der Waals surface area contributed by atoms with Crippen LogP contribution in [0.4, 0.5) is 0 Å². The van der Waals surface area contributed by atoms with Crippen LogP contribution >= 0.6 is 0 Å². The zero-order valence-electron chi connectivity index (χ0n) is 20.8. The number of imidazole rings is 1. The highest BCUT2D eigenvalue weighted by atomic mass is 16.1. The quantitative estimate of drug-likeness (QED) is 0.201. The summed E-state index contributed by atoms with van der Waals surface area (Å²) in [6, 6.07) is 21.1. The topological polar surface area (TPSA) is 140 Å². The van der Waals surface area contributed by atoms with Crippen LogP contribution in [0.5, 0.6) is 0 Å². The maximum absolute atomic E-state index is 13.8. The maximum atomic E-state index is 13.8. The predicted molar refractivity (Wildman–Crippen MR) is 149 cm³/mol. The number of nitrogen functional groups attached to an aromatic ring is 2.